The number of fused-ring (bicyclic) bond motifs is 2. The first-order chi connectivity index (χ1) is 47.9. The predicted molar refractivity (Wildman–Crippen MR) is 354 cm³/mol. The lowest BCUT2D eigenvalue weighted by Crippen LogP contribution is -2.53. The molecule has 12 rings (SSSR count). The normalized spacial score (nSPS) is 15.9. The monoisotopic (exact) mass is 1390 g/mol. The number of alkyl halides is 4. The van der Waals surface area contributed by atoms with Gasteiger partial charge < -0.3 is 54.2 Å². The van der Waals surface area contributed by atoms with Gasteiger partial charge in [-0.15, -0.1) is 0 Å². The van der Waals surface area contributed by atoms with Gasteiger partial charge in [0.2, 0.25) is 23.4 Å². The number of nitrogens with one attached hydrogen (secondary N) is 2. The number of ether oxygens (including phenoxy) is 3. The number of imidazole rings is 2. The van der Waals surface area contributed by atoms with Gasteiger partial charge in [-0.25, -0.2) is 33.5 Å². The quantitative estimate of drug-likeness (QED) is 0.0860. The van der Waals surface area contributed by atoms with E-state index in [9.17, 15) is 59.1 Å². The number of hydrogen-bond acceptors (Lipinski definition) is 15. The number of aromatic nitrogens is 6. The fourth-order valence-electron chi connectivity index (χ4n) is 12.9. The summed E-state index contributed by atoms with van der Waals surface area (Å²) in [4.78, 5) is 94.6. The summed E-state index contributed by atoms with van der Waals surface area (Å²) in [5.74, 6) is -7.08. The second-order valence-electron chi connectivity index (χ2n) is 25.7. The van der Waals surface area contributed by atoms with Crippen molar-refractivity contribution in [2.24, 2.45) is 11.8 Å². The largest absolute Gasteiger partial charge is 0.444 e. The van der Waals surface area contributed by atoms with Crippen molar-refractivity contribution in [3.8, 4) is 34.0 Å². The number of piperazine rings is 2. The van der Waals surface area contributed by atoms with E-state index in [1.54, 1.807) is 39.0 Å². The number of carbonyl (C=O) groups is 5. The molecule has 0 radical (unpaired) electrons. The summed E-state index contributed by atoms with van der Waals surface area (Å²) in [6.45, 7) is 9.13. The van der Waals surface area contributed by atoms with Gasteiger partial charge in [-0.2, -0.15) is 26.3 Å². The fourth-order valence-corrected chi connectivity index (χ4v) is 12.9. The molecule has 22 nitrogen and oxygen atoms in total. The Morgan fingerprint density at radius 2 is 0.900 bits per heavy atom. The minimum Gasteiger partial charge on any atom is -0.444 e. The summed E-state index contributed by atoms with van der Waals surface area (Å²) in [6, 6.07) is 14.8. The Balaban J connectivity index is 0.000000203. The number of carbonyl (C=O) groups excluding carboxylic acids is 5. The van der Waals surface area contributed by atoms with Crippen molar-refractivity contribution in [1.82, 2.24) is 58.1 Å². The van der Waals surface area contributed by atoms with Gasteiger partial charge in [0.15, 0.2) is 46.1 Å². The van der Waals surface area contributed by atoms with Crippen LogP contribution in [-0.2, 0) is 27.2 Å². The molecule has 0 aliphatic carbocycles. The lowest BCUT2D eigenvalue weighted by Gasteiger charge is -2.39. The van der Waals surface area contributed by atoms with Crippen molar-refractivity contribution in [3.63, 3.8) is 0 Å². The molecule has 0 atom stereocenters. The summed E-state index contributed by atoms with van der Waals surface area (Å²) in [7, 11) is 2.07. The van der Waals surface area contributed by atoms with Gasteiger partial charge >= 0.3 is 19.3 Å². The number of hydrogen-bond donors (Lipinski definition) is 2. The Hall–Kier alpha value is -10.1. The number of aryl methyl sites for hydroxylation is 2. The van der Waals surface area contributed by atoms with Crippen molar-refractivity contribution in [3.05, 3.63) is 143 Å². The third-order valence-electron chi connectivity index (χ3n) is 18.2. The molecular weight excluding hydrogens is 1320 g/mol. The average molecular weight is 1390 g/mol. The predicted octanol–water partition coefficient (Wildman–Crippen LogP) is 11.7. The molecule has 4 aromatic carbocycles. The van der Waals surface area contributed by atoms with Crippen LogP contribution in [0.5, 0.6) is 11.5 Å². The Morgan fingerprint density at radius 1 is 0.510 bits per heavy atom. The van der Waals surface area contributed by atoms with Gasteiger partial charge in [0.05, 0.1) is 23.8 Å². The maximum atomic E-state index is 14.9. The summed E-state index contributed by atoms with van der Waals surface area (Å²) in [6.07, 6.45) is 12.2. The number of nitrogens with zero attached hydrogens (tertiary/aromatic N) is 12. The second-order valence-corrected chi connectivity index (χ2v) is 25.7. The maximum Gasteiger partial charge on any atom is 0.410 e. The van der Waals surface area contributed by atoms with Crippen LogP contribution >= 0.6 is 0 Å². The van der Waals surface area contributed by atoms with Gasteiger partial charge in [0, 0.05) is 136 Å². The van der Waals surface area contributed by atoms with E-state index in [0.29, 0.717) is 131 Å². The second kappa shape index (κ2) is 30.5. The molecule has 8 heterocycles. The third-order valence-corrected chi connectivity index (χ3v) is 18.2. The van der Waals surface area contributed by atoms with Crippen LogP contribution < -0.4 is 20.1 Å². The van der Waals surface area contributed by atoms with Crippen molar-refractivity contribution in [1.29, 1.82) is 0 Å². The first kappa shape index (κ1) is 71.2. The Kier molecular flexibility index (Phi) is 21.7. The molecule has 4 saturated heterocycles. The number of amides is 5. The number of piperidine rings is 2. The van der Waals surface area contributed by atoms with E-state index >= 15 is 0 Å². The lowest BCUT2D eigenvalue weighted by molar-refractivity contribution is -0.139. The van der Waals surface area contributed by atoms with Crippen molar-refractivity contribution < 1.29 is 73.3 Å². The average Bonchev–Trinajstić information content (AvgIpc) is 1.60. The van der Waals surface area contributed by atoms with Gasteiger partial charge in [-0.3, -0.25) is 28.0 Å². The lowest BCUT2D eigenvalue weighted by atomic mass is 9.95. The molecule has 100 heavy (non-hydrogen) atoms. The molecule has 2 N–H and O–H groups in total. The zero-order valence-electron chi connectivity index (χ0n) is 55.9. The van der Waals surface area contributed by atoms with Crippen LogP contribution in [0.1, 0.15) is 92.1 Å². The minimum absolute atomic E-state index is 0.0495. The van der Waals surface area contributed by atoms with Crippen LogP contribution in [0, 0.1) is 35.1 Å². The summed E-state index contributed by atoms with van der Waals surface area (Å²) >= 11 is 0. The molecule has 5 amide bonds. The number of likely N-dealkylation sites (tertiary alicyclic amines) is 2. The van der Waals surface area contributed by atoms with E-state index in [4.69, 9.17) is 4.74 Å². The molecule has 0 spiro atoms. The SMILES string of the molecule is CCc1cc(Nc2nccn3c(-c4ccc(OC(F)F)c(F)c4F)cnc23)ccc1C(=O)N1CCN(C(=O)C2CCN(C(=O)OC(C)(C)C)CC2)CC1.CCc1cc(Nc2nccn3c(-c4ccc(OC(F)F)c(F)c4F)cnc23)ccc1C(=O)N1CCN(C(=O)C2CCN(C)CC2)CC1. The molecule has 4 aromatic heterocycles. The van der Waals surface area contributed by atoms with Crippen molar-refractivity contribution >= 4 is 64.0 Å². The van der Waals surface area contributed by atoms with Gasteiger partial charge in [-0.05, 0) is 151 Å². The Labute approximate surface area is 570 Å². The van der Waals surface area contributed by atoms with Crippen LogP contribution in [0.15, 0.2) is 97.8 Å². The van der Waals surface area contributed by atoms with Crippen molar-refractivity contribution in [2.75, 3.05) is 96.2 Å². The number of halogens is 8. The highest BCUT2D eigenvalue weighted by Crippen LogP contribution is 2.36. The highest BCUT2D eigenvalue weighted by Gasteiger charge is 2.36. The van der Waals surface area contributed by atoms with Crippen LogP contribution in [-0.4, -0.2) is 192 Å². The minimum atomic E-state index is -3.31. The van der Waals surface area contributed by atoms with E-state index in [2.05, 4.69) is 52.0 Å². The number of rotatable bonds is 16. The summed E-state index contributed by atoms with van der Waals surface area (Å²) < 4.78 is 126. The van der Waals surface area contributed by atoms with Crippen LogP contribution in [0.25, 0.3) is 33.8 Å². The molecule has 4 fully saturated rings. The van der Waals surface area contributed by atoms with Crippen molar-refractivity contribution in [2.45, 2.75) is 92.0 Å². The Morgan fingerprint density at radius 3 is 1.28 bits per heavy atom. The summed E-state index contributed by atoms with van der Waals surface area (Å²) in [5.41, 5.74) is 3.92. The maximum absolute atomic E-state index is 14.9. The fraction of sp³-hybridized carbons (Fsp3) is 0.414. The van der Waals surface area contributed by atoms with Crippen LogP contribution in [0.2, 0.25) is 0 Å². The smallest absolute Gasteiger partial charge is 0.410 e. The van der Waals surface area contributed by atoms with E-state index in [0.717, 1.165) is 61.3 Å². The molecule has 8 aromatic rings. The highest BCUT2D eigenvalue weighted by atomic mass is 19.3. The van der Waals surface area contributed by atoms with Gasteiger partial charge in [0.25, 0.3) is 11.8 Å². The zero-order chi connectivity index (χ0) is 71.3. The molecule has 0 unspecified atom stereocenters. The summed E-state index contributed by atoms with van der Waals surface area (Å²) in [5, 5.41) is 6.40. The van der Waals surface area contributed by atoms with Gasteiger partial charge in [-0.1, -0.05) is 13.8 Å². The standard InChI is InChI=1S/C37H41F4N7O5.C33H35F4N7O3/c1-5-22-20-24(44-31-32-43-21-27(48(32)15-12-42-31)26-8-9-28(52-35(40)41)30(39)29(26)38)6-7-25(22)34(50)46-18-16-45(17-19-46)33(49)23-10-13-47(14-11-23)36(51)53-37(2,3)4;1-3-20-18-22(4-5-23(20)32(46)43-16-14-42(15-17-43)31(45)21-8-11-41(2)12-9-21)40-29-30-39-19-25(44(30)13-10-38-29)24-6-7-26(47-33(36)37)28(35)27(24)34/h6-9,12,15,20-21,23,35H,5,10-11,13-14,16-19H2,1-4H3,(H,42,44);4-7,10,13,18-19,21,33H,3,8-9,11-12,14-17H2,1-2H3,(H,38,40). The highest BCUT2D eigenvalue weighted by molar-refractivity contribution is 5.97. The van der Waals surface area contributed by atoms with E-state index in [-0.39, 0.29) is 69.7 Å². The van der Waals surface area contributed by atoms with E-state index < -0.39 is 53.6 Å². The number of benzene rings is 4. The first-order valence-corrected chi connectivity index (χ1v) is 33.0. The first-order valence-electron chi connectivity index (χ1n) is 33.0. The molecule has 4 aliphatic rings. The molecule has 0 saturated carbocycles. The van der Waals surface area contributed by atoms with E-state index in [1.807, 2.05) is 56.6 Å². The molecule has 530 valence electrons. The Bertz CT molecular complexity index is 4330. The van der Waals surface area contributed by atoms with Gasteiger partial charge in [0.1, 0.15) is 5.60 Å². The molecule has 4 aliphatic heterocycles. The van der Waals surface area contributed by atoms with E-state index in [1.165, 1.54) is 46.0 Å². The molecular formula is C70H76F8N14O8. The van der Waals surface area contributed by atoms with Crippen LogP contribution in [0.4, 0.5) is 62.9 Å². The molecule has 0 bridgehead atoms. The topological polar surface area (TPSA) is 217 Å². The van der Waals surface area contributed by atoms with Crippen LogP contribution in [0.3, 0.4) is 0 Å². The number of anilines is 4. The zero-order valence-corrected chi connectivity index (χ0v) is 55.9. The third kappa shape index (κ3) is 15.8. The molecule has 30 heteroatoms.